The van der Waals surface area contributed by atoms with E-state index >= 15 is 0 Å². The van der Waals surface area contributed by atoms with E-state index in [4.69, 9.17) is 14.5 Å². The first kappa shape index (κ1) is 16.2. The van der Waals surface area contributed by atoms with Crippen molar-refractivity contribution in [3.63, 3.8) is 0 Å². The van der Waals surface area contributed by atoms with E-state index in [1.807, 2.05) is 0 Å². The molecule has 1 aliphatic rings. The Labute approximate surface area is 127 Å². The molecule has 3 rings (SSSR count). The SMILES string of the molecule is O=c1[nH]cnc2c1ncn2[C@@H]1O[C@H](COP(=O)(O)O)[C@H](O)[C@H]1O. The van der Waals surface area contributed by atoms with Gasteiger partial charge < -0.3 is 29.7 Å². The Bertz CT molecular complexity index is 815. The van der Waals surface area contributed by atoms with E-state index in [9.17, 15) is 19.6 Å². The van der Waals surface area contributed by atoms with E-state index in [0.717, 1.165) is 6.33 Å². The Kier molecular flexibility index (Phi) is 4.06. The van der Waals surface area contributed by atoms with E-state index in [2.05, 4.69) is 19.5 Å². The first-order chi connectivity index (χ1) is 10.8. The van der Waals surface area contributed by atoms with Crippen LogP contribution in [0, 0.1) is 0 Å². The topological polar surface area (TPSA) is 180 Å². The summed E-state index contributed by atoms with van der Waals surface area (Å²) in [6.07, 6.45) is -2.85. The van der Waals surface area contributed by atoms with Gasteiger partial charge in [-0.3, -0.25) is 13.9 Å². The molecular formula is C10H13N4O8P. The summed E-state index contributed by atoms with van der Waals surface area (Å²) in [6, 6.07) is 0. The number of aliphatic hydroxyl groups is 2. The number of nitrogens with zero attached hydrogens (tertiary/aromatic N) is 3. The van der Waals surface area contributed by atoms with Crippen molar-refractivity contribution in [1.29, 1.82) is 0 Å². The van der Waals surface area contributed by atoms with Gasteiger partial charge in [-0.25, -0.2) is 14.5 Å². The van der Waals surface area contributed by atoms with Gasteiger partial charge in [-0.2, -0.15) is 0 Å². The van der Waals surface area contributed by atoms with Crippen LogP contribution in [0.2, 0.25) is 0 Å². The van der Waals surface area contributed by atoms with E-state index in [1.165, 1.54) is 10.9 Å². The van der Waals surface area contributed by atoms with Crippen LogP contribution in [0.5, 0.6) is 0 Å². The molecule has 13 heteroatoms. The maximum atomic E-state index is 11.6. The second-order valence-corrected chi connectivity index (χ2v) is 6.13. The second kappa shape index (κ2) is 5.76. The smallest absolute Gasteiger partial charge is 0.387 e. The highest BCUT2D eigenvalue weighted by Crippen LogP contribution is 2.38. The summed E-state index contributed by atoms with van der Waals surface area (Å²) < 4.78 is 21.6. The fourth-order valence-electron chi connectivity index (χ4n) is 2.32. The lowest BCUT2D eigenvalue weighted by molar-refractivity contribution is -0.0504. The quantitative estimate of drug-likeness (QED) is 0.382. The minimum atomic E-state index is -4.74. The molecule has 0 radical (unpaired) electrons. The van der Waals surface area contributed by atoms with Crippen molar-refractivity contribution in [2.45, 2.75) is 24.5 Å². The number of phosphoric acid groups is 1. The summed E-state index contributed by atoms with van der Waals surface area (Å²) >= 11 is 0. The largest absolute Gasteiger partial charge is 0.469 e. The lowest BCUT2D eigenvalue weighted by atomic mass is 10.1. The molecule has 0 bridgehead atoms. The second-order valence-electron chi connectivity index (χ2n) is 4.89. The monoisotopic (exact) mass is 348 g/mol. The summed E-state index contributed by atoms with van der Waals surface area (Å²) in [6.45, 7) is -0.625. The molecule has 0 spiro atoms. The molecule has 0 unspecified atom stereocenters. The summed E-state index contributed by atoms with van der Waals surface area (Å²) in [5, 5.41) is 20.0. The lowest BCUT2D eigenvalue weighted by Crippen LogP contribution is -2.33. The number of H-pyrrole nitrogens is 1. The van der Waals surface area contributed by atoms with Crippen LogP contribution in [0.4, 0.5) is 0 Å². The lowest BCUT2D eigenvalue weighted by Gasteiger charge is -2.16. The maximum Gasteiger partial charge on any atom is 0.469 e. The Morgan fingerprint density at radius 2 is 2.09 bits per heavy atom. The minimum Gasteiger partial charge on any atom is -0.387 e. The summed E-state index contributed by atoms with van der Waals surface area (Å²) in [5.41, 5.74) is -0.336. The fraction of sp³-hybridized carbons (Fsp3) is 0.500. The Balaban J connectivity index is 1.87. The average Bonchev–Trinajstić information content (AvgIpc) is 3.01. The fourth-order valence-corrected chi connectivity index (χ4v) is 2.66. The van der Waals surface area contributed by atoms with Gasteiger partial charge in [-0.15, -0.1) is 0 Å². The molecule has 0 aromatic carbocycles. The molecule has 12 nitrogen and oxygen atoms in total. The van der Waals surface area contributed by atoms with E-state index in [-0.39, 0.29) is 11.2 Å². The van der Waals surface area contributed by atoms with Gasteiger partial charge in [-0.05, 0) is 0 Å². The molecule has 2 aromatic rings. The van der Waals surface area contributed by atoms with Crippen LogP contribution in [-0.4, -0.2) is 64.4 Å². The molecule has 2 aromatic heterocycles. The number of imidazole rings is 1. The predicted octanol–water partition coefficient (Wildman–Crippen LogP) is -2.15. The zero-order valence-electron chi connectivity index (χ0n) is 11.4. The molecule has 3 heterocycles. The number of nitrogens with one attached hydrogen (secondary N) is 1. The molecule has 4 atom stereocenters. The van der Waals surface area contributed by atoms with Gasteiger partial charge in [0, 0.05) is 0 Å². The minimum absolute atomic E-state index is 0.0210. The van der Waals surface area contributed by atoms with E-state index in [1.54, 1.807) is 0 Å². The van der Waals surface area contributed by atoms with Crippen molar-refractivity contribution in [2.24, 2.45) is 0 Å². The number of phosphoric ester groups is 1. The Morgan fingerprint density at radius 3 is 2.78 bits per heavy atom. The highest BCUT2D eigenvalue weighted by molar-refractivity contribution is 7.46. The normalized spacial score (nSPS) is 28.5. The first-order valence-corrected chi connectivity index (χ1v) is 7.93. The van der Waals surface area contributed by atoms with Crippen LogP contribution in [0.25, 0.3) is 11.2 Å². The Hall–Kier alpha value is -1.66. The molecule has 1 aliphatic heterocycles. The number of hydrogen-bond acceptors (Lipinski definition) is 8. The van der Waals surface area contributed by atoms with E-state index in [0.29, 0.717) is 0 Å². The summed E-state index contributed by atoms with van der Waals surface area (Å²) in [5.74, 6) is 0. The number of fused-ring (bicyclic) bond motifs is 1. The van der Waals surface area contributed by atoms with Crippen molar-refractivity contribution in [2.75, 3.05) is 6.61 Å². The predicted molar refractivity (Wildman–Crippen MR) is 72.1 cm³/mol. The number of aromatic amines is 1. The highest BCUT2D eigenvalue weighted by atomic mass is 31.2. The average molecular weight is 348 g/mol. The molecular weight excluding hydrogens is 335 g/mol. The molecule has 126 valence electrons. The zero-order chi connectivity index (χ0) is 16.8. The number of rotatable bonds is 4. The van der Waals surface area contributed by atoms with E-state index < -0.39 is 44.5 Å². The maximum absolute atomic E-state index is 11.6. The van der Waals surface area contributed by atoms with Gasteiger partial charge >= 0.3 is 7.82 Å². The van der Waals surface area contributed by atoms with Crippen LogP contribution in [0.15, 0.2) is 17.4 Å². The molecule has 0 amide bonds. The third-order valence-corrected chi connectivity index (χ3v) is 3.87. The molecule has 1 fully saturated rings. The van der Waals surface area contributed by atoms with Crippen LogP contribution < -0.4 is 5.56 Å². The van der Waals surface area contributed by atoms with Crippen LogP contribution >= 0.6 is 7.82 Å². The molecule has 23 heavy (non-hydrogen) atoms. The van der Waals surface area contributed by atoms with Crippen LogP contribution in [-0.2, 0) is 13.8 Å². The van der Waals surface area contributed by atoms with Crippen molar-refractivity contribution in [3.8, 4) is 0 Å². The molecule has 5 N–H and O–H groups in total. The highest BCUT2D eigenvalue weighted by Gasteiger charge is 2.45. The van der Waals surface area contributed by atoms with Gasteiger partial charge in [0.25, 0.3) is 5.56 Å². The Morgan fingerprint density at radius 1 is 1.35 bits per heavy atom. The van der Waals surface area contributed by atoms with Gasteiger partial charge in [-0.1, -0.05) is 0 Å². The van der Waals surface area contributed by atoms with Gasteiger partial charge in [0.05, 0.1) is 19.3 Å². The molecule has 0 saturated carbocycles. The van der Waals surface area contributed by atoms with Crippen molar-refractivity contribution >= 4 is 19.0 Å². The van der Waals surface area contributed by atoms with Gasteiger partial charge in [0.15, 0.2) is 17.4 Å². The standard InChI is InChI=1S/C10H13N4O8P/c15-6-4(1-21-23(18,19)20)22-10(7(6)16)14-3-13-5-8(14)11-2-12-9(5)17/h2-4,6-7,10,15-16H,1H2,(H,11,12,17)(H2,18,19,20)/t4-,6+,7-,10-/m1/s1. The van der Waals surface area contributed by atoms with Crippen LogP contribution in [0.1, 0.15) is 6.23 Å². The summed E-state index contributed by atoms with van der Waals surface area (Å²) in [4.78, 5) is 39.1. The van der Waals surface area contributed by atoms with Crippen molar-refractivity contribution in [1.82, 2.24) is 19.5 Å². The van der Waals surface area contributed by atoms with Crippen molar-refractivity contribution < 1.29 is 33.8 Å². The van der Waals surface area contributed by atoms with Crippen molar-refractivity contribution in [3.05, 3.63) is 23.0 Å². The number of hydrogen-bond donors (Lipinski definition) is 5. The number of aromatic nitrogens is 4. The third kappa shape index (κ3) is 3.05. The number of aliphatic hydroxyl groups excluding tert-OH is 2. The third-order valence-electron chi connectivity index (χ3n) is 3.38. The number of ether oxygens (including phenoxy) is 1. The zero-order valence-corrected chi connectivity index (χ0v) is 12.3. The summed E-state index contributed by atoms with van der Waals surface area (Å²) in [7, 11) is -4.74. The van der Waals surface area contributed by atoms with Gasteiger partial charge in [0.2, 0.25) is 0 Å². The first-order valence-electron chi connectivity index (χ1n) is 6.40. The molecule has 1 saturated heterocycles. The van der Waals surface area contributed by atoms with Gasteiger partial charge in [0.1, 0.15) is 18.3 Å². The molecule has 0 aliphatic carbocycles. The van der Waals surface area contributed by atoms with Crippen LogP contribution in [0.3, 0.4) is 0 Å².